The predicted octanol–water partition coefficient (Wildman–Crippen LogP) is 1.49. The van der Waals surface area contributed by atoms with E-state index in [2.05, 4.69) is 5.32 Å². The molecule has 1 unspecified atom stereocenters. The van der Waals surface area contributed by atoms with Gasteiger partial charge in [0, 0.05) is 23.6 Å². The van der Waals surface area contributed by atoms with E-state index in [4.69, 9.17) is 4.42 Å². The van der Waals surface area contributed by atoms with Crippen molar-refractivity contribution >= 4 is 27.6 Å². The van der Waals surface area contributed by atoms with Crippen LogP contribution in [-0.2, 0) is 11.3 Å². The van der Waals surface area contributed by atoms with Gasteiger partial charge in [-0.25, -0.2) is 4.79 Å². The van der Waals surface area contributed by atoms with E-state index in [1.807, 2.05) is 50.2 Å². The predicted molar refractivity (Wildman–Crippen MR) is 98.7 cm³/mol. The fourth-order valence-corrected chi connectivity index (χ4v) is 3.23. The number of hydrogen-bond donors (Lipinski definition) is 2. The van der Waals surface area contributed by atoms with E-state index in [-0.39, 0.29) is 11.5 Å². The summed E-state index contributed by atoms with van der Waals surface area (Å²) in [5.41, 5.74) is 1.16. The van der Waals surface area contributed by atoms with Crippen molar-refractivity contribution in [3.8, 4) is 0 Å². The Labute approximate surface area is 146 Å². The van der Waals surface area contributed by atoms with Crippen molar-refractivity contribution in [1.82, 2.24) is 5.32 Å². The van der Waals surface area contributed by atoms with Crippen LogP contribution in [0.2, 0.25) is 0 Å². The Morgan fingerprint density at radius 3 is 2.72 bits per heavy atom. The molecule has 0 aliphatic rings. The summed E-state index contributed by atoms with van der Waals surface area (Å²) in [6.07, 6.45) is 0. The summed E-state index contributed by atoms with van der Waals surface area (Å²) in [6, 6.07) is 13.4. The molecule has 2 aromatic carbocycles. The molecule has 130 valence electrons. The first-order valence-corrected chi connectivity index (χ1v) is 8.67. The lowest BCUT2D eigenvalue weighted by Crippen LogP contribution is -3.11. The third-order valence-electron chi connectivity index (χ3n) is 4.44. The minimum atomic E-state index is -0.355. The van der Waals surface area contributed by atoms with E-state index in [0.717, 1.165) is 33.2 Å². The molecule has 1 amide bonds. The number of likely N-dealkylation sites (N-methyl/N-ethyl adjacent to an activating group) is 2. The fraction of sp³-hybridized carbons (Fsp3) is 0.300. The molecule has 0 radical (unpaired) electrons. The third-order valence-corrected chi connectivity index (χ3v) is 4.44. The maximum Gasteiger partial charge on any atom is 0.336 e. The minimum absolute atomic E-state index is 0.0245. The second-order valence-electron chi connectivity index (χ2n) is 6.16. The van der Waals surface area contributed by atoms with Gasteiger partial charge in [-0.05, 0) is 30.7 Å². The first-order chi connectivity index (χ1) is 12.1. The molecule has 0 fully saturated rings. The summed E-state index contributed by atoms with van der Waals surface area (Å²) in [7, 11) is 0. The van der Waals surface area contributed by atoms with E-state index in [1.165, 1.54) is 0 Å². The number of amides is 1. The summed E-state index contributed by atoms with van der Waals surface area (Å²) < 4.78 is 5.40. The average Bonchev–Trinajstić information content (AvgIpc) is 2.60. The molecule has 25 heavy (non-hydrogen) atoms. The molecule has 0 bridgehead atoms. The van der Waals surface area contributed by atoms with Gasteiger partial charge in [0.2, 0.25) is 0 Å². The van der Waals surface area contributed by atoms with Crippen LogP contribution in [0.25, 0.3) is 21.7 Å². The Morgan fingerprint density at radius 1 is 1.16 bits per heavy atom. The van der Waals surface area contributed by atoms with Crippen LogP contribution in [0.4, 0.5) is 0 Å². The fourth-order valence-electron chi connectivity index (χ4n) is 3.23. The summed E-state index contributed by atoms with van der Waals surface area (Å²) in [5.74, 6) is 0.0245. The van der Waals surface area contributed by atoms with Gasteiger partial charge in [-0.3, -0.25) is 4.79 Å². The normalized spacial score (nSPS) is 12.4. The van der Waals surface area contributed by atoms with Gasteiger partial charge in [0.15, 0.2) is 6.54 Å². The van der Waals surface area contributed by atoms with Gasteiger partial charge in [0.1, 0.15) is 12.1 Å². The Hall–Kier alpha value is -2.66. The smallest absolute Gasteiger partial charge is 0.336 e. The van der Waals surface area contributed by atoms with E-state index < -0.39 is 0 Å². The monoisotopic (exact) mass is 339 g/mol. The maximum absolute atomic E-state index is 12.0. The topological polar surface area (TPSA) is 63.8 Å². The molecule has 0 saturated heterocycles. The summed E-state index contributed by atoms with van der Waals surface area (Å²) >= 11 is 0. The lowest BCUT2D eigenvalue weighted by atomic mass is 10.0. The van der Waals surface area contributed by atoms with Crippen LogP contribution in [-0.4, -0.2) is 25.5 Å². The Bertz CT molecular complexity index is 962. The number of quaternary nitrogens is 1. The molecule has 0 aliphatic heterocycles. The number of carbonyl (C=O) groups is 1. The van der Waals surface area contributed by atoms with Crippen LogP contribution >= 0.6 is 0 Å². The molecule has 1 atom stereocenters. The Morgan fingerprint density at radius 2 is 1.96 bits per heavy atom. The molecule has 5 nitrogen and oxygen atoms in total. The second-order valence-corrected chi connectivity index (χ2v) is 6.16. The van der Waals surface area contributed by atoms with E-state index >= 15 is 0 Å². The highest BCUT2D eigenvalue weighted by atomic mass is 16.4. The van der Waals surface area contributed by atoms with Gasteiger partial charge in [0.25, 0.3) is 5.91 Å². The number of carbonyl (C=O) groups excluding carboxylic acids is 1. The SMILES string of the molecule is CCNC(=O)C[NH+](CC)Cc1cc(=O)oc2ccc3ccccc3c12. The molecule has 0 aliphatic carbocycles. The van der Waals surface area contributed by atoms with Crippen molar-refractivity contribution in [3.63, 3.8) is 0 Å². The minimum Gasteiger partial charge on any atom is -0.423 e. The third kappa shape index (κ3) is 3.72. The zero-order valence-corrected chi connectivity index (χ0v) is 14.6. The first kappa shape index (κ1) is 17.2. The quantitative estimate of drug-likeness (QED) is 0.528. The summed E-state index contributed by atoms with van der Waals surface area (Å²) in [6.45, 7) is 6.36. The van der Waals surface area contributed by atoms with Crippen molar-refractivity contribution in [2.24, 2.45) is 0 Å². The van der Waals surface area contributed by atoms with Crippen molar-refractivity contribution in [1.29, 1.82) is 0 Å². The first-order valence-electron chi connectivity index (χ1n) is 8.67. The average molecular weight is 339 g/mol. The van der Waals surface area contributed by atoms with Crippen molar-refractivity contribution in [3.05, 3.63) is 58.4 Å². The van der Waals surface area contributed by atoms with Gasteiger partial charge < -0.3 is 14.6 Å². The van der Waals surface area contributed by atoms with Gasteiger partial charge in [-0.1, -0.05) is 30.3 Å². The largest absolute Gasteiger partial charge is 0.423 e. The maximum atomic E-state index is 12.0. The number of benzene rings is 2. The van der Waals surface area contributed by atoms with Gasteiger partial charge in [0.05, 0.1) is 6.54 Å². The highest BCUT2D eigenvalue weighted by Gasteiger charge is 2.17. The van der Waals surface area contributed by atoms with Gasteiger partial charge in [-0.2, -0.15) is 0 Å². The molecule has 3 aromatic rings. The standard InChI is InChI=1S/C20H22N2O3/c1-3-21-18(23)13-22(4-2)12-15-11-19(24)25-17-10-9-14-7-5-6-8-16(14)20(15)17/h5-11H,3-4,12-13H2,1-2H3,(H,21,23)/p+1. The molecule has 0 saturated carbocycles. The van der Waals surface area contributed by atoms with Crippen molar-refractivity contribution < 1.29 is 14.1 Å². The van der Waals surface area contributed by atoms with Crippen LogP contribution in [0.15, 0.2) is 51.7 Å². The van der Waals surface area contributed by atoms with Crippen LogP contribution in [0.1, 0.15) is 19.4 Å². The second kappa shape index (κ2) is 7.49. The van der Waals surface area contributed by atoms with Gasteiger partial charge >= 0.3 is 5.63 Å². The lowest BCUT2D eigenvalue weighted by molar-refractivity contribution is -0.904. The Balaban J connectivity index is 2.06. The number of nitrogens with one attached hydrogen (secondary N) is 2. The van der Waals surface area contributed by atoms with Gasteiger partial charge in [-0.15, -0.1) is 0 Å². The molecular weight excluding hydrogens is 316 g/mol. The van der Waals surface area contributed by atoms with E-state index in [0.29, 0.717) is 25.2 Å². The Kier molecular flexibility index (Phi) is 5.14. The highest BCUT2D eigenvalue weighted by molar-refractivity contribution is 6.06. The van der Waals surface area contributed by atoms with Crippen molar-refractivity contribution in [2.45, 2.75) is 20.4 Å². The number of fused-ring (bicyclic) bond motifs is 3. The summed E-state index contributed by atoms with van der Waals surface area (Å²) in [5, 5.41) is 5.96. The van der Waals surface area contributed by atoms with Crippen molar-refractivity contribution in [2.75, 3.05) is 19.6 Å². The molecule has 0 spiro atoms. The van der Waals surface area contributed by atoms with E-state index in [9.17, 15) is 9.59 Å². The van der Waals surface area contributed by atoms with Crippen LogP contribution in [0.3, 0.4) is 0 Å². The van der Waals surface area contributed by atoms with Crippen LogP contribution < -0.4 is 15.8 Å². The molecule has 5 heteroatoms. The summed E-state index contributed by atoms with van der Waals surface area (Å²) in [4.78, 5) is 25.0. The zero-order valence-electron chi connectivity index (χ0n) is 14.6. The molecular formula is C20H23N2O3+. The van der Waals surface area contributed by atoms with Crippen LogP contribution in [0.5, 0.6) is 0 Å². The highest BCUT2D eigenvalue weighted by Crippen LogP contribution is 2.26. The molecule has 1 aromatic heterocycles. The molecule has 3 rings (SSSR count). The zero-order chi connectivity index (χ0) is 17.8. The molecule has 2 N–H and O–H groups in total. The lowest BCUT2D eigenvalue weighted by Gasteiger charge is -2.18. The van der Waals surface area contributed by atoms with E-state index in [1.54, 1.807) is 6.07 Å². The number of hydrogen-bond acceptors (Lipinski definition) is 3. The van der Waals surface area contributed by atoms with Crippen LogP contribution in [0, 0.1) is 0 Å². The number of rotatable bonds is 6. The molecule has 1 heterocycles.